The molecule has 0 aromatic rings. The van der Waals surface area contributed by atoms with Crippen molar-refractivity contribution in [2.24, 2.45) is 5.92 Å². The van der Waals surface area contributed by atoms with Crippen LogP contribution in [0.2, 0.25) is 0 Å². The van der Waals surface area contributed by atoms with Gasteiger partial charge in [-0.05, 0) is 26.4 Å². The summed E-state index contributed by atoms with van der Waals surface area (Å²) in [4.78, 5) is 13.0. The molecule has 0 rings (SSSR count). The number of carbonyl (C=O) groups is 1. The number of hydrogen-bond donors (Lipinski definition) is 0. The van der Waals surface area contributed by atoms with Gasteiger partial charge >= 0.3 is 5.97 Å². The van der Waals surface area contributed by atoms with Gasteiger partial charge in [0.15, 0.2) is 0 Å². The number of rotatable bonds is 4. The molecule has 0 aliphatic heterocycles. The van der Waals surface area contributed by atoms with Crippen LogP contribution in [-0.4, -0.2) is 31.0 Å². The molecular formula is C9H18NO2. The highest BCUT2D eigenvalue weighted by atomic mass is 16.5. The Morgan fingerprint density at radius 1 is 1.50 bits per heavy atom. The van der Waals surface area contributed by atoms with E-state index in [1.807, 2.05) is 19.0 Å². The van der Waals surface area contributed by atoms with Crippen LogP contribution in [0.5, 0.6) is 0 Å². The number of nitrogens with zero attached hydrogens (tertiary/aromatic N) is 1. The zero-order valence-electron chi connectivity index (χ0n) is 8.33. The fraction of sp³-hybridized carbons (Fsp3) is 0.778. The van der Waals surface area contributed by atoms with E-state index in [0.29, 0.717) is 5.92 Å². The third-order valence-corrected chi connectivity index (χ3v) is 1.73. The quantitative estimate of drug-likeness (QED) is 0.599. The van der Waals surface area contributed by atoms with Gasteiger partial charge in [0, 0.05) is 0 Å². The van der Waals surface area contributed by atoms with E-state index in [9.17, 15) is 4.79 Å². The predicted octanol–water partition coefficient (Wildman–Crippen LogP) is 1.30. The van der Waals surface area contributed by atoms with Crippen molar-refractivity contribution in [2.75, 3.05) is 14.1 Å². The fourth-order valence-corrected chi connectivity index (χ4v) is 1.06. The summed E-state index contributed by atoms with van der Waals surface area (Å²) in [6, 6.07) is -0.164. The van der Waals surface area contributed by atoms with Crippen molar-refractivity contribution < 1.29 is 9.53 Å². The van der Waals surface area contributed by atoms with Gasteiger partial charge in [-0.1, -0.05) is 13.8 Å². The van der Waals surface area contributed by atoms with Gasteiger partial charge in [0.1, 0.15) is 13.2 Å². The van der Waals surface area contributed by atoms with Gasteiger partial charge in [-0.15, -0.1) is 0 Å². The molecule has 0 aliphatic carbocycles. The Morgan fingerprint density at radius 2 is 2.00 bits per heavy atom. The second-order valence-electron chi connectivity index (χ2n) is 3.57. The molecule has 0 saturated carbocycles. The standard InChI is InChI=1S/C9H18NO2/c1-7(2)6-8(10(3)4)9(11)12-5/h7-8H,5-6H2,1-4H3/t8-/m0/s1. The lowest BCUT2D eigenvalue weighted by Crippen LogP contribution is -2.37. The van der Waals surface area contributed by atoms with Crippen LogP contribution in [0, 0.1) is 13.0 Å². The molecule has 0 fully saturated rings. The molecular weight excluding hydrogens is 154 g/mol. The van der Waals surface area contributed by atoms with Gasteiger partial charge in [-0.3, -0.25) is 9.69 Å². The fourth-order valence-electron chi connectivity index (χ4n) is 1.06. The van der Waals surface area contributed by atoms with Crippen LogP contribution in [-0.2, 0) is 9.53 Å². The molecule has 0 aliphatic rings. The molecule has 71 valence electrons. The van der Waals surface area contributed by atoms with Crippen molar-refractivity contribution in [3.63, 3.8) is 0 Å². The van der Waals surface area contributed by atoms with E-state index in [-0.39, 0.29) is 12.0 Å². The average Bonchev–Trinajstić information content (AvgIpc) is 1.98. The highest BCUT2D eigenvalue weighted by Crippen LogP contribution is 2.10. The minimum absolute atomic E-state index is 0.164. The average molecular weight is 172 g/mol. The second-order valence-corrected chi connectivity index (χ2v) is 3.57. The zero-order chi connectivity index (χ0) is 9.72. The third kappa shape index (κ3) is 3.72. The predicted molar refractivity (Wildman–Crippen MR) is 48.4 cm³/mol. The van der Waals surface area contributed by atoms with Gasteiger partial charge in [0.05, 0.1) is 0 Å². The topological polar surface area (TPSA) is 29.5 Å². The summed E-state index contributed by atoms with van der Waals surface area (Å²) in [5.74, 6) is 0.227. The summed E-state index contributed by atoms with van der Waals surface area (Å²) in [5.41, 5.74) is 0. The maximum Gasteiger partial charge on any atom is 0.323 e. The summed E-state index contributed by atoms with van der Waals surface area (Å²) in [6.45, 7) is 4.15. The van der Waals surface area contributed by atoms with Crippen molar-refractivity contribution in [3.05, 3.63) is 7.11 Å². The molecule has 3 nitrogen and oxygen atoms in total. The van der Waals surface area contributed by atoms with E-state index < -0.39 is 0 Å². The third-order valence-electron chi connectivity index (χ3n) is 1.73. The Kier molecular flexibility index (Phi) is 4.90. The molecule has 3 heteroatoms. The second kappa shape index (κ2) is 5.14. The minimum Gasteiger partial charge on any atom is -0.461 e. The molecule has 1 radical (unpaired) electrons. The van der Waals surface area contributed by atoms with Gasteiger partial charge < -0.3 is 4.74 Å². The molecule has 0 saturated heterocycles. The van der Waals surface area contributed by atoms with E-state index in [4.69, 9.17) is 0 Å². The first-order valence-corrected chi connectivity index (χ1v) is 4.11. The Hall–Kier alpha value is -0.570. The van der Waals surface area contributed by atoms with Crippen LogP contribution in [0.4, 0.5) is 0 Å². The van der Waals surface area contributed by atoms with Crippen LogP contribution in [0.15, 0.2) is 0 Å². The molecule has 0 unspecified atom stereocenters. The largest absolute Gasteiger partial charge is 0.461 e. The summed E-state index contributed by atoms with van der Waals surface area (Å²) in [6.07, 6.45) is 0.807. The first kappa shape index (κ1) is 11.4. The van der Waals surface area contributed by atoms with Crippen molar-refractivity contribution in [1.29, 1.82) is 0 Å². The van der Waals surface area contributed by atoms with Crippen LogP contribution in [0.3, 0.4) is 0 Å². The van der Waals surface area contributed by atoms with E-state index in [2.05, 4.69) is 25.7 Å². The molecule has 1 atom stereocenters. The maximum absolute atomic E-state index is 11.2. The number of likely N-dealkylation sites (N-methyl/N-ethyl adjacent to an activating group) is 1. The van der Waals surface area contributed by atoms with Crippen LogP contribution < -0.4 is 0 Å². The van der Waals surface area contributed by atoms with E-state index in [0.717, 1.165) is 6.42 Å². The molecule has 0 bridgehead atoms. The highest BCUT2D eigenvalue weighted by molar-refractivity contribution is 5.75. The lowest BCUT2D eigenvalue weighted by Gasteiger charge is -2.22. The Balaban J connectivity index is 4.13. The molecule has 12 heavy (non-hydrogen) atoms. The van der Waals surface area contributed by atoms with E-state index in [1.165, 1.54) is 0 Å². The number of hydrogen-bond acceptors (Lipinski definition) is 3. The Labute approximate surface area is 74.7 Å². The normalized spacial score (nSPS) is 13.6. The molecule has 0 spiro atoms. The maximum atomic E-state index is 11.2. The molecule has 0 heterocycles. The monoisotopic (exact) mass is 172 g/mol. The molecule has 0 aromatic carbocycles. The van der Waals surface area contributed by atoms with E-state index >= 15 is 0 Å². The smallest absolute Gasteiger partial charge is 0.323 e. The lowest BCUT2D eigenvalue weighted by atomic mass is 10.0. The van der Waals surface area contributed by atoms with Crippen LogP contribution in [0.1, 0.15) is 20.3 Å². The number of esters is 1. The Bertz CT molecular complexity index is 143. The summed E-state index contributed by atoms with van der Waals surface area (Å²) < 4.78 is 4.44. The Morgan fingerprint density at radius 3 is 2.25 bits per heavy atom. The van der Waals surface area contributed by atoms with Crippen molar-refractivity contribution in [1.82, 2.24) is 4.90 Å². The van der Waals surface area contributed by atoms with Gasteiger partial charge in [0.2, 0.25) is 0 Å². The molecule has 0 N–H and O–H groups in total. The van der Waals surface area contributed by atoms with Gasteiger partial charge in [-0.2, -0.15) is 0 Å². The summed E-state index contributed by atoms with van der Waals surface area (Å²) >= 11 is 0. The first-order valence-electron chi connectivity index (χ1n) is 4.11. The summed E-state index contributed by atoms with van der Waals surface area (Å²) in [7, 11) is 6.85. The molecule has 0 aromatic heterocycles. The van der Waals surface area contributed by atoms with Gasteiger partial charge in [-0.25, -0.2) is 0 Å². The number of carbonyl (C=O) groups excluding carboxylic acids is 1. The molecule has 0 amide bonds. The van der Waals surface area contributed by atoms with Crippen LogP contribution in [0.25, 0.3) is 0 Å². The van der Waals surface area contributed by atoms with Crippen molar-refractivity contribution >= 4 is 5.97 Å². The van der Waals surface area contributed by atoms with Gasteiger partial charge in [0.25, 0.3) is 0 Å². The van der Waals surface area contributed by atoms with Crippen molar-refractivity contribution in [2.45, 2.75) is 26.3 Å². The minimum atomic E-state index is -0.256. The SMILES string of the molecule is [CH2]OC(=O)[C@H](CC(C)C)N(C)C. The van der Waals surface area contributed by atoms with Crippen molar-refractivity contribution in [3.8, 4) is 0 Å². The lowest BCUT2D eigenvalue weighted by molar-refractivity contribution is -0.144. The van der Waals surface area contributed by atoms with E-state index in [1.54, 1.807) is 0 Å². The first-order chi connectivity index (χ1) is 5.49. The highest BCUT2D eigenvalue weighted by Gasteiger charge is 2.22. The zero-order valence-corrected chi connectivity index (χ0v) is 8.33. The van der Waals surface area contributed by atoms with Crippen LogP contribution >= 0.6 is 0 Å². The number of ether oxygens (including phenoxy) is 1. The summed E-state index contributed by atoms with van der Waals surface area (Å²) in [5, 5.41) is 0.